The van der Waals surface area contributed by atoms with Crippen LogP contribution < -0.4 is 5.32 Å². The maximum absolute atomic E-state index is 12.1. The first-order valence-electron chi connectivity index (χ1n) is 7.19. The molecule has 1 N–H and O–H groups in total. The minimum Gasteiger partial charge on any atom is -0.326 e. The lowest BCUT2D eigenvalue weighted by Gasteiger charge is -2.20. The number of nitrogens with one attached hydrogen (secondary N) is 1. The summed E-state index contributed by atoms with van der Waals surface area (Å²) >= 11 is 0. The zero-order valence-corrected chi connectivity index (χ0v) is 11.5. The Hall–Kier alpha value is -1.75. The van der Waals surface area contributed by atoms with Gasteiger partial charge in [0.05, 0.1) is 0 Å². The van der Waals surface area contributed by atoms with Crippen molar-refractivity contribution in [2.45, 2.75) is 45.4 Å². The van der Waals surface area contributed by atoms with E-state index in [1.165, 1.54) is 19.3 Å². The molecule has 0 saturated heterocycles. The Balaban J connectivity index is 1.99. The number of anilines is 1. The van der Waals surface area contributed by atoms with Crippen molar-refractivity contribution in [2.75, 3.05) is 5.32 Å². The third-order valence-electron chi connectivity index (χ3n) is 3.52. The molecule has 0 aromatic heterocycles. The average Bonchev–Trinajstić information content (AvgIpc) is 2.46. The van der Waals surface area contributed by atoms with Gasteiger partial charge in [-0.05, 0) is 31.0 Å². The third-order valence-corrected chi connectivity index (χ3v) is 3.52. The van der Waals surface area contributed by atoms with E-state index in [1.54, 1.807) is 0 Å². The van der Waals surface area contributed by atoms with Crippen LogP contribution in [-0.2, 0) is 4.79 Å². The van der Waals surface area contributed by atoms with Crippen LogP contribution in [-0.4, -0.2) is 5.91 Å². The van der Waals surface area contributed by atoms with Gasteiger partial charge in [-0.2, -0.15) is 0 Å². The van der Waals surface area contributed by atoms with Gasteiger partial charge < -0.3 is 5.32 Å². The van der Waals surface area contributed by atoms with Crippen molar-refractivity contribution in [1.29, 1.82) is 0 Å². The van der Waals surface area contributed by atoms with Crippen LogP contribution in [0.1, 0.15) is 51.0 Å². The van der Waals surface area contributed by atoms with Crippen molar-refractivity contribution < 1.29 is 4.79 Å². The van der Waals surface area contributed by atoms with E-state index in [-0.39, 0.29) is 11.8 Å². The van der Waals surface area contributed by atoms with Gasteiger partial charge in [0.25, 0.3) is 0 Å². The van der Waals surface area contributed by atoms with Crippen LogP contribution in [0, 0.1) is 17.8 Å². The van der Waals surface area contributed by atoms with Gasteiger partial charge in [-0.25, -0.2) is 0 Å². The standard InChI is InChI=1S/C17H21NO/c1-2-3-8-14-9-7-12-16(13-14)18-17(19)15-10-5-4-6-11-15/h7,9,12-13,15H,2,4-6,10-11H2,1H3,(H,18,19). The molecule has 2 heteroatoms. The minimum absolute atomic E-state index is 0.167. The molecule has 1 fully saturated rings. The fourth-order valence-electron chi connectivity index (χ4n) is 2.47. The quantitative estimate of drug-likeness (QED) is 0.796. The van der Waals surface area contributed by atoms with Gasteiger partial charge in [0.1, 0.15) is 0 Å². The molecule has 1 amide bonds. The number of carbonyl (C=O) groups is 1. The van der Waals surface area contributed by atoms with Gasteiger partial charge in [-0.1, -0.05) is 44.1 Å². The Morgan fingerprint density at radius 2 is 2.11 bits per heavy atom. The summed E-state index contributed by atoms with van der Waals surface area (Å²) in [4.78, 5) is 12.1. The zero-order chi connectivity index (χ0) is 13.5. The smallest absolute Gasteiger partial charge is 0.227 e. The molecule has 0 unspecified atom stereocenters. The average molecular weight is 255 g/mol. The molecule has 1 aliphatic carbocycles. The molecule has 100 valence electrons. The Bertz CT molecular complexity index is 489. The normalized spacial score (nSPS) is 15.4. The van der Waals surface area contributed by atoms with Gasteiger partial charge in [-0.15, -0.1) is 0 Å². The Morgan fingerprint density at radius 3 is 2.84 bits per heavy atom. The summed E-state index contributed by atoms with van der Waals surface area (Å²) in [6, 6.07) is 7.79. The SMILES string of the molecule is CCC#Cc1cccc(NC(=O)C2CCCCC2)c1. The monoisotopic (exact) mass is 255 g/mol. The predicted molar refractivity (Wildman–Crippen MR) is 78.8 cm³/mol. The highest BCUT2D eigenvalue weighted by Crippen LogP contribution is 2.25. The lowest BCUT2D eigenvalue weighted by molar-refractivity contribution is -0.120. The highest BCUT2D eigenvalue weighted by atomic mass is 16.1. The summed E-state index contributed by atoms with van der Waals surface area (Å²) in [5.41, 5.74) is 1.82. The molecule has 1 aliphatic rings. The number of carbonyl (C=O) groups excluding carboxylic acids is 1. The van der Waals surface area contributed by atoms with Gasteiger partial charge in [0, 0.05) is 23.6 Å². The molecule has 0 aliphatic heterocycles. The van der Waals surface area contributed by atoms with Gasteiger partial charge >= 0.3 is 0 Å². The van der Waals surface area contributed by atoms with Gasteiger partial charge in [0.2, 0.25) is 5.91 Å². The minimum atomic E-state index is 0.167. The topological polar surface area (TPSA) is 29.1 Å². The number of hydrogen-bond donors (Lipinski definition) is 1. The van der Waals surface area contributed by atoms with E-state index in [4.69, 9.17) is 0 Å². The first-order chi connectivity index (χ1) is 9.29. The van der Waals surface area contributed by atoms with Crippen molar-refractivity contribution in [1.82, 2.24) is 0 Å². The van der Waals surface area contributed by atoms with E-state index in [0.717, 1.165) is 30.5 Å². The molecule has 0 radical (unpaired) electrons. The van der Waals surface area contributed by atoms with E-state index < -0.39 is 0 Å². The van der Waals surface area contributed by atoms with Crippen LogP contribution in [0.3, 0.4) is 0 Å². The fraction of sp³-hybridized carbons (Fsp3) is 0.471. The van der Waals surface area contributed by atoms with Crippen molar-refractivity contribution in [3.05, 3.63) is 29.8 Å². The van der Waals surface area contributed by atoms with Crippen LogP contribution in [0.15, 0.2) is 24.3 Å². The summed E-state index contributed by atoms with van der Waals surface area (Å²) in [6.07, 6.45) is 6.53. The van der Waals surface area contributed by atoms with Crippen molar-refractivity contribution in [3.8, 4) is 11.8 Å². The van der Waals surface area contributed by atoms with Crippen LogP contribution in [0.4, 0.5) is 5.69 Å². The van der Waals surface area contributed by atoms with Gasteiger partial charge in [0.15, 0.2) is 0 Å². The lowest BCUT2D eigenvalue weighted by Crippen LogP contribution is -2.24. The van der Waals surface area contributed by atoms with Crippen LogP contribution in [0.25, 0.3) is 0 Å². The molecule has 0 heterocycles. The van der Waals surface area contributed by atoms with E-state index in [2.05, 4.69) is 17.2 Å². The van der Waals surface area contributed by atoms with Crippen molar-refractivity contribution >= 4 is 11.6 Å². The highest BCUT2D eigenvalue weighted by molar-refractivity contribution is 5.92. The van der Waals surface area contributed by atoms with E-state index in [0.29, 0.717) is 0 Å². The van der Waals surface area contributed by atoms with E-state index in [1.807, 2.05) is 31.2 Å². The second kappa shape index (κ2) is 6.99. The van der Waals surface area contributed by atoms with E-state index >= 15 is 0 Å². The van der Waals surface area contributed by atoms with Crippen molar-refractivity contribution in [2.24, 2.45) is 5.92 Å². The Morgan fingerprint density at radius 1 is 1.32 bits per heavy atom. The second-order valence-electron chi connectivity index (χ2n) is 5.06. The summed E-state index contributed by atoms with van der Waals surface area (Å²) in [5, 5.41) is 3.02. The number of hydrogen-bond acceptors (Lipinski definition) is 1. The number of amides is 1. The largest absolute Gasteiger partial charge is 0.326 e. The molecule has 0 atom stereocenters. The number of benzene rings is 1. The second-order valence-corrected chi connectivity index (χ2v) is 5.06. The van der Waals surface area contributed by atoms with Crippen LogP contribution in [0.5, 0.6) is 0 Å². The zero-order valence-electron chi connectivity index (χ0n) is 11.5. The molecule has 2 rings (SSSR count). The highest BCUT2D eigenvalue weighted by Gasteiger charge is 2.20. The molecular weight excluding hydrogens is 234 g/mol. The molecule has 2 nitrogen and oxygen atoms in total. The first-order valence-corrected chi connectivity index (χ1v) is 7.19. The molecule has 19 heavy (non-hydrogen) atoms. The Kier molecular flexibility index (Phi) is 5.03. The van der Waals surface area contributed by atoms with Crippen LogP contribution >= 0.6 is 0 Å². The maximum Gasteiger partial charge on any atom is 0.227 e. The van der Waals surface area contributed by atoms with Gasteiger partial charge in [-0.3, -0.25) is 4.79 Å². The maximum atomic E-state index is 12.1. The van der Waals surface area contributed by atoms with E-state index in [9.17, 15) is 4.79 Å². The molecule has 0 bridgehead atoms. The summed E-state index contributed by atoms with van der Waals surface area (Å²) in [7, 11) is 0. The molecule has 1 saturated carbocycles. The third kappa shape index (κ3) is 4.13. The predicted octanol–water partition coefficient (Wildman–Crippen LogP) is 3.97. The molecule has 1 aromatic rings. The molecular formula is C17H21NO. The summed E-state index contributed by atoms with van der Waals surface area (Å²) in [6.45, 7) is 2.03. The first kappa shape index (κ1) is 13.7. The molecule has 0 spiro atoms. The fourth-order valence-corrected chi connectivity index (χ4v) is 2.47. The summed E-state index contributed by atoms with van der Waals surface area (Å²) < 4.78 is 0. The lowest BCUT2D eigenvalue weighted by atomic mass is 9.88. The van der Waals surface area contributed by atoms with Crippen LogP contribution in [0.2, 0.25) is 0 Å². The number of rotatable bonds is 2. The Labute approximate surface area is 115 Å². The summed E-state index contributed by atoms with van der Waals surface area (Å²) in [5.74, 6) is 6.49. The molecule has 1 aromatic carbocycles. The van der Waals surface area contributed by atoms with Crippen molar-refractivity contribution in [3.63, 3.8) is 0 Å².